The smallest absolute Gasteiger partial charge is 0.328 e. The van der Waals surface area contributed by atoms with E-state index >= 15 is 0 Å². The summed E-state index contributed by atoms with van der Waals surface area (Å²) >= 11 is 0. The number of carbonyl (C=O) groups excluding carboxylic acids is 1. The number of hydrogen-bond acceptors (Lipinski definition) is 5. The molecule has 0 radical (unpaired) electrons. The van der Waals surface area contributed by atoms with Gasteiger partial charge in [-0.15, -0.1) is 0 Å². The van der Waals surface area contributed by atoms with E-state index in [1.807, 2.05) is 36.4 Å². The molecule has 1 aliphatic rings. The lowest BCUT2D eigenvalue weighted by Crippen LogP contribution is -2.43. The van der Waals surface area contributed by atoms with Crippen LogP contribution in [0.25, 0.3) is 0 Å². The van der Waals surface area contributed by atoms with Crippen LogP contribution in [0, 0.1) is 5.82 Å². The van der Waals surface area contributed by atoms with Gasteiger partial charge in [-0.3, -0.25) is 9.69 Å². The van der Waals surface area contributed by atoms with Crippen LogP contribution in [0.3, 0.4) is 0 Å². The summed E-state index contributed by atoms with van der Waals surface area (Å²) in [6.45, 7) is 2.87. The molecule has 0 spiro atoms. The maximum absolute atomic E-state index is 13.0. The fraction of sp³-hybridized carbons (Fsp3) is 0.292. The Morgan fingerprint density at radius 2 is 1.53 bits per heavy atom. The second-order valence-corrected chi connectivity index (χ2v) is 7.48. The van der Waals surface area contributed by atoms with E-state index in [0.29, 0.717) is 23.8 Å². The summed E-state index contributed by atoms with van der Waals surface area (Å²) in [6, 6.07) is 15.1. The molecule has 7 nitrogen and oxygen atoms in total. The molecule has 1 saturated heterocycles. The van der Waals surface area contributed by atoms with Crippen molar-refractivity contribution in [3.63, 3.8) is 0 Å². The first kappa shape index (κ1) is 24.7. The third-order valence-corrected chi connectivity index (χ3v) is 5.20. The van der Waals surface area contributed by atoms with Crippen molar-refractivity contribution in [3.05, 3.63) is 77.6 Å². The average Bonchev–Trinajstić information content (AvgIpc) is 2.80. The molecular formula is C24H27FN2O5. The SMILES string of the molecule is CN(Cc1ccc(F)cc1)C1CCN(c2ccc(C=O)cc2)CC1.O=C(O)C=CC(=O)O. The second kappa shape index (κ2) is 12.4. The number of anilines is 1. The van der Waals surface area contributed by atoms with Crippen molar-refractivity contribution in [1.29, 1.82) is 0 Å². The molecule has 170 valence electrons. The van der Waals surface area contributed by atoms with E-state index in [0.717, 1.165) is 44.3 Å². The molecular weight excluding hydrogens is 415 g/mol. The molecule has 32 heavy (non-hydrogen) atoms. The Hall–Kier alpha value is -3.52. The molecule has 3 rings (SSSR count). The van der Waals surface area contributed by atoms with Crippen molar-refractivity contribution in [1.82, 2.24) is 4.90 Å². The molecule has 0 unspecified atom stereocenters. The minimum atomic E-state index is -1.26. The number of carbonyl (C=O) groups is 3. The zero-order chi connectivity index (χ0) is 23.5. The van der Waals surface area contributed by atoms with Gasteiger partial charge in [-0.2, -0.15) is 0 Å². The van der Waals surface area contributed by atoms with Gasteiger partial charge in [0, 0.05) is 49.1 Å². The number of aliphatic carboxylic acids is 2. The van der Waals surface area contributed by atoms with Crippen LogP contribution in [0.5, 0.6) is 0 Å². The van der Waals surface area contributed by atoms with Gasteiger partial charge in [-0.25, -0.2) is 14.0 Å². The largest absolute Gasteiger partial charge is 0.478 e. The van der Waals surface area contributed by atoms with Crippen LogP contribution in [0.2, 0.25) is 0 Å². The monoisotopic (exact) mass is 442 g/mol. The van der Waals surface area contributed by atoms with E-state index in [1.165, 1.54) is 17.8 Å². The molecule has 0 aromatic heterocycles. The molecule has 8 heteroatoms. The van der Waals surface area contributed by atoms with E-state index in [9.17, 15) is 18.8 Å². The van der Waals surface area contributed by atoms with Gasteiger partial charge in [0.25, 0.3) is 0 Å². The first-order valence-electron chi connectivity index (χ1n) is 10.2. The van der Waals surface area contributed by atoms with Gasteiger partial charge in [-0.1, -0.05) is 12.1 Å². The minimum Gasteiger partial charge on any atom is -0.478 e. The molecule has 0 saturated carbocycles. The number of aldehydes is 1. The number of rotatable bonds is 7. The first-order valence-corrected chi connectivity index (χ1v) is 10.2. The maximum atomic E-state index is 13.0. The highest BCUT2D eigenvalue weighted by atomic mass is 19.1. The van der Waals surface area contributed by atoms with Crippen LogP contribution in [0.1, 0.15) is 28.8 Å². The molecule has 2 N–H and O–H groups in total. The van der Waals surface area contributed by atoms with Crippen molar-refractivity contribution in [2.45, 2.75) is 25.4 Å². The van der Waals surface area contributed by atoms with Crippen LogP contribution in [0.4, 0.5) is 10.1 Å². The highest BCUT2D eigenvalue weighted by Gasteiger charge is 2.22. The number of piperidine rings is 1. The highest BCUT2D eigenvalue weighted by molar-refractivity contribution is 5.89. The molecule has 0 bridgehead atoms. The predicted octanol–water partition coefficient (Wildman–Crippen LogP) is 3.45. The fourth-order valence-corrected chi connectivity index (χ4v) is 3.48. The minimum absolute atomic E-state index is 0.185. The molecule has 1 heterocycles. The Morgan fingerprint density at radius 3 is 2.00 bits per heavy atom. The lowest BCUT2D eigenvalue weighted by molar-refractivity contribution is -0.134. The van der Waals surface area contributed by atoms with Gasteiger partial charge in [0.2, 0.25) is 0 Å². The van der Waals surface area contributed by atoms with Gasteiger partial charge in [0.1, 0.15) is 12.1 Å². The van der Waals surface area contributed by atoms with Crippen molar-refractivity contribution in [2.24, 2.45) is 0 Å². The van der Waals surface area contributed by atoms with Gasteiger partial charge >= 0.3 is 11.9 Å². The standard InChI is InChI=1S/C20H23FN2O.C4H4O4/c1-22(14-16-2-6-18(21)7-3-16)19-10-12-23(13-11-19)20-8-4-17(15-24)5-9-20;5-3(6)1-2-4(7)8/h2-9,15,19H,10-14H2,1H3;1-2H,(H,5,6)(H,7,8). The number of nitrogens with zero attached hydrogens (tertiary/aromatic N) is 2. The van der Waals surface area contributed by atoms with Gasteiger partial charge in [0.15, 0.2) is 0 Å². The summed E-state index contributed by atoms with van der Waals surface area (Å²) in [4.78, 5) is 34.6. The van der Waals surface area contributed by atoms with Crippen LogP contribution in [0.15, 0.2) is 60.7 Å². The molecule has 0 aliphatic carbocycles. The Bertz CT molecular complexity index is 904. The first-order chi connectivity index (χ1) is 15.3. The lowest BCUT2D eigenvalue weighted by atomic mass is 10.0. The van der Waals surface area contributed by atoms with Crippen LogP contribution in [-0.4, -0.2) is 59.5 Å². The Kier molecular flexibility index (Phi) is 9.56. The summed E-state index contributed by atoms with van der Waals surface area (Å²) in [5, 5.41) is 15.6. The molecule has 1 aliphatic heterocycles. The third kappa shape index (κ3) is 8.31. The third-order valence-electron chi connectivity index (χ3n) is 5.20. The zero-order valence-corrected chi connectivity index (χ0v) is 17.9. The van der Waals surface area contributed by atoms with Gasteiger partial charge < -0.3 is 15.1 Å². The summed E-state index contributed by atoms with van der Waals surface area (Å²) in [6.07, 6.45) is 4.20. The van der Waals surface area contributed by atoms with Crippen LogP contribution >= 0.6 is 0 Å². The second-order valence-electron chi connectivity index (χ2n) is 7.48. The Morgan fingerprint density at radius 1 is 1.00 bits per heavy atom. The molecule has 1 fully saturated rings. The topological polar surface area (TPSA) is 98.2 Å². The van der Waals surface area contributed by atoms with Crippen molar-refractivity contribution in [2.75, 3.05) is 25.0 Å². The van der Waals surface area contributed by atoms with Gasteiger partial charge in [0.05, 0.1) is 0 Å². The van der Waals surface area contributed by atoms with E-state index in [2.05, 4.69) is 16.8 Å². The number of carboxylic acids is 2. The number of benzene rings is 2. The lowest BCUT2D eigenvalue weighted by Gasteiger charge is -2.38. The van der Waals surface area contributed by atoms with Crippen LogP contribution < -0.4 is 4.90 Å². The predicted molar refractivity (Wildman–Crippen MR) is 119 cm³/mol. The molecule has 0 amide bonds. The zero-order valence-electron chi connectivity index (χ0n) is 17.9. The Labute approximate surface area is 186 Å². The van der Waals surface area contributed by atoms with E-state index < -0.39 is 11.9 Å². The summed E-state index contributed by atoms with van der Waals surface area (Å²) in [5.41, 5.74) is 3.04. The number of carboxylic acid groups (broad SMARTS) is 2. The summed E-state index contributed by atoms with van der Waals surface area (Å²) in [7, 11) is 2.14. The normalized spacial score (nSPS) is 14.2. The van der Waals surface area contributed by atoms with Crippen molar-refractivity contribution >= 4 is 23.9 Å². The number of hydrogen-bond donors (Lipinski definition) is 2. The maximum Gasteiger partial charge on any atom is 0.328 e. The van der Waals surface area contributed by atoms with E-state index in [-0.39, 0.29) is 5.82 Å². The molecule has 2 aromatic carbocycles. The number of halogens is 1. The van der Waals surface area contributed by atoms with E-state index in [1.54, 1.807) is 0 Å². The fourth-order valence-electron chi connectivity index (χ4n) is 3.48. The quantitative estimate of drug-likeness (QED) is 0.501. The average molecular weight is 442 g/mol. The Balaban J connectivity index is 0.000000390. The summed E-state index contributed by atoms with van der Waals surface area (Å²) in [5.74, 6) is -2.70. The summed E-state index contributed by atoms with van der Waals surface area (Å²) < 4.78 is 13.0. The van der Waals surface area contributed by atoms with E-state index in [4.69, 9.17) is 10.2 Å². The molecule has 2 aromatic rings. The molecule has 0 atom stereocenters. The van der Waals surface area contributed by atoms with Crippen LogP contribution in [-0.2, 0) is 16.1 Å². The van der Waals surface area contributed by atoms with Gasteiger partial charge in [-0.05, 0) is 61.9 Å². The highest BCUT2D eigenvalue weighted by Crippen LogP contribution is 2.23. The van der Waals surface area contributed by atoms with Crippen molar-refractivity contribution in [3.8, 4) is 0 Å². The van der Waals surface area contributed by atoms with Crippen molar-refractivity contribution < 1.29 is 29.0 Å².